The molecule has 0 saturated carbocycles. The van der Waals surface area contributed by atoms with Gasteiger partial charge in [-0.25, -0.2) is 4.79 Å². The van der Waals surface area contributed by atoms with E-state index in [1.165, 1.54) is 11.8 Å². The first-order valence-electron chi connectivity index (χ1n) is 9.36. The molecule has 3 atom stereocenters. The van der Waals surface area contributed by atoms with Crippen LogP contribution in [0.2, 0.25) is 0 Å². The highest BCUT2D eigenvalue weighted by molar-refractivity contribution is 8.01. The predicted molar refractivity (Wildman–Crippen MR) is 113 cm³/mol. The maximum atomic E-state index is 12.8. The Labute approximate surface area is 202 Å². The van der Waals surface area contributed by atoms with Crippen LogP contribution in [0.5, 0.6) is 0 Å². The fraction of sp³-hybridized carbons (Fsp3) is 0.562. The number of ether oxygens (including phenoxy) is 2. The highest BCUT2D eigenvalue weighted by atomic mass is 32.2. The van der Waals surface area contributed by atoms with Crippen molar-refractivity contribution in [1.82, 2.24) is 30.8 Å². The number of rotatable bonds is 9. The number of amides is 2. The Hall–Kier alpha value is -2.47. The number of nitrogens with zero attached hydrogens (tertiary/aromatic N) is 4. The predicted octanol–water partition coefficient (Wildman–Crippen LogP) is 0.651. The molecule has 0 aromatic carbocycles. The van der Waals surface area contributed by atoms with Crippen LogP contribution in [0.15, 0.2) is 16.4 Å². The van der Waals surface area contributed by atoms with E-state index < -0.39 is 70.2 Å². The van der Waals surface area contributed by atoms with E-state index in [0.717, 1.165) is 23.6 Å². The van der Waals surface area contributed by atoms with E-state index in [1.54, 1.807) is 6.92 Å². The first-order valence-corrected chi connectivity index (χ1v) is 12.3. The lowest BCUT2D eigenvalue weighted by molar-refractivity contribution is -0.166. The number of carbonyl (C=O) groups excluding carboxylic acids is 4. The van der Waals surface area contributed by atoms with Gasteiger partial charge in [0.1, 0.15) is 17.1 Å². The van der Waals surface area contributed by atoms with Gasteiger partial charge < -0.3 is 14.8 Å². The summed E-state index contributed by atoms with van der Waals surface area (Å²) in [4.78, 5) is 49.6. The standard InChI is InChI=1S/C16H17F3N6O6S3/c1-6(34-15-21-23-24-22-15)8-3-32-13-10(20-9(27)4-33-16(17,18)19)12(28)25(13)11(8)14(29)31-5-30-7(2)26/h6,10,13H,3-5H2,1-2H3,(H,20,27)(H,21,22,23,24)/t6?,10?,13-/m0/s1. The SMILES string of the molecule is CC(=O)OCOC(=O)C1=C(C(C)Sc2nn[nH]n2)CS[C@H]2C(NC(=O)CSC(F)(F)F)C(=O)N12. The number of nitrogens with one attached hydrogen (secondary N) is 2. The highest BCUT2D eigenvalue weighted by Crippen LogP contribution is 2.43. The first-order chi connectivity index (χ1) is 16.0. The third kappa shape index (κ3) is 6.35. The number of aromatic nitrogens is 4. The van der Waals surface area contributed by atoms with Gasteiger partial charge in [-0.2, -0.15) is 18.4 Å². The number of thioether (sulfide) groups is 3. The maximum absolute atomic E-state index is 12.8. The summed E-state index contributed by atoms with van der Waals surface area (Å²) in [5, 5.41) is 14.9. The Bertz CT molecular complexity index is 992. The quantitative estimate of drug-likeness (QED) is 0.195. The Morgan fingerprint density at radius 1 is 1.35 bits per heavy atom. The molecule has 3 rings (SSSR count). The van der Waals surface area contributed by atoms with Crippen LogP contribution in [0, 0.1) is 0 Å². The van der Waals surface area contributed by atoms with Crippen molar-refractivity contribution in [2.45, 2.75) is 41.2 Å². The molecule has 0 spiro atoms. The van der Waals surface area contributed by atoms with Crippen LogP contribution in [0.3, 0.4) is 0 Å². The monoisotopic (exact) mass is 542 g/mol. The zero-order chi connectivity index (χ0) is 25.0. The summed E-state index contributed by atoms with van der Waals surface area (Å²) in [6, 6.07) is -1.11. The molecule has 1 aromatic heterocycles. The average Bonchev–Trinajstić information content (AvgIpc) is 3.27. The molecule has 2 amide bonds. The Balaban J connectivity index is 1.77. The molecule has 1 aromatic rings. The number of esters is 2. The lowest BCUT2D eigenvalue weighted by Gasteiger charge is -2.50. The largest absolute Gasteiger partial charge is 0.442 e. The van der Waals surface area contributed by atoms with Gasteiger partial charge in [-0.1, -0.05) is 11.8 Å². The molecule has 1 saturated heterocycles. The zero-order valence-electron chi connectivity index (χ0n) is 17.5. The van der Waals surface area contributed by atoms with Crippen LogP contribution in [-0.4, -0.2) is 89.7 Å². The number of halogens is 3. The number of hydrogen-bond acceptors (Lipinski definition) is 12. The van der Waals surface area contributed by atoms with Gasteiger partial charge in [0.05, 0.1) is 5.75 Å². The molecule has 2 aliphatic heterocycles. The number of carbonyl (C=O) groups is 4. The van der Waals surface area contributed by atoms with E-state index in [0.29, 0.717) is 10.7 Å². The summed E-state index contributed by atoms with van der Waals surface area (Å²) >= 11 is 1.86. The van der Waals surface area contributed by atoms with Crippen molar-refractivity contribution in [3.63, 3.8) is 0 Å². The van der Waals surface area contributed by atoms with Gasteiger partial charge in [-0.3, -0.25) is 19.3 Å². The van der Waals surface area contributed by atoms with Gasteiger partial charge in [-0.05, 0) is 29.5 Å². The number of alkyl halides is 3. The van der Waals surface area contributed by atoms with Crippen molar-refractivity contribution < 1.29 is 41.8 Å². The van der Waals surface area contributed by atoms with E-state index >= 15 is 0 Å². The van der Waals surface area contributed by atoms with E-state index in [4.69, 9.17) is 4.74 Å². The van der Waals surface area contributed by atoms with Gasteiger partial charge in [0.25, 0.3) is 5.91 Å². The van der Waals surface area contributed by atoms with E-state index in [-0.39, 0.29) is 11.4 Å². The van der Waals surface area contributed by atoms with Crippen LogP contribution >= 0.6 is 35.3 Å². The van der Waals surface area contributed by atoms with E-state index in [1.807, 2.05) is 0 Å². The van der Waals surface area contributed by atoms with Crippen LogP contribution < -0.4 is 5.32 Å². The normalized spacial score (nSPS) is 20.9. The van der Waals surface area contributed by atoms with Crippen LogP contribution in [-0.2, 0) is 28.7 Å². The lowest BCUT2D eigenvalue weighted by atomic mass is 10.0. The summed E-state index contributed by atoms with van der Waals surface area (Å²) in [6.07, 6.45) is 0. The van der Waals surface area contributed by atoms with Gasteiger partial charge in [0.2, 0.25) is 17.9 Å². The minimum Gasteiger partial charge on any atom is -0.428 e. The Morgan fingerprint density at radius 3 is 2.71 bits per heavy atom. The first kappa shape index (κ1) is 26.1. The molecule has 3 heterocycles. The summed E-state index contributed by atoms with van der Waals surface area (Å²) in [7, 11) is 0. The third-order valence-electron chi connectivity index (χ3n) is 4.43. The maximum Gasteiger partial charge on any atom is 0.442 e. The van der Waals surface area contributed by atoms with Crippen molar-refractivity contribution in [2.24, 2.45) is 0 Å². The molecule has 2 N–H and O–H groups in total. The molecular formula is C16H17F3N6O6S3. The number of tetrazole rings is 1. The molecule has 34 heavy (non-hydrogen) atoms. The molecule has 0 bridgehead atoms. The molecule has 12 nitrogen and oxygen atoms in total. The second-order valence-electron chi connectivity index (χ2n) is 6.70. The topological polar surface area (TPSA) is 156 Å². The summed E-state index contributed by atoms with van der Waals surface area (Å²) in [5.41, 5.74) is -4.19. The van der Waals surface area contributed by atoms with Gasteiger partial charge in [-0.15, -0.1) is 22.0 Å². The van der Waals surface area contributed by atoms with Crippen molar-refractivity contribution in [1.29, 1.82) is 0 Å². The molecule has 2 aliphatic rings. The Kier molecular flexibility index (Phi) is 8.34. The summed E-state index contributed by atoms with van der Waals surface area (Å²) in [6.45, 7) is 2.19. The second-order valence-corrected chi connectivity index (χ2v) is 10.2. The number of β-lactam (4-membered cyclic amide) rings is 1. The lowest BCUT2D eigenvalue weighted by Crippen LogP contribution is -2.71. The number of H-pyrrole nitrogens is 1. The number of hydrogen-bond donors (Lipinski definition) is 2. The fourth-order valence-corrected chi connectivity index (χ4v) is 5.76. The third-order valence-corrected chi connectivity index (χ3v) is 7.48. The fourth-order valence-electron chi connectivity index (χ4n) is 2.97. The molecule has 0 radical (unpaired) electrons. The molecule has 186 valence electrons. The van der Waals surface area contributed by atoms with Gasteiger partial charge in [0.15, 0.2) is 0 Å². The van der Waals surface area contributed by atoms with E-state index in [2.05, 4.69) is 30.7 Å². The van der Waals surface area contributed by atoms with Crippen molar-refractivity contribution >= 4 is 59.0 Å². The molecule has 18 heteroatoms. The summed E-state index contributed by atoms with van der Waals surface area (Å²) < 4.78 is 46.6. The number of aromatic amines is 1. The second kappa shape index (κ2) is 10.9. The van der Waals surface area contributed by atoms with E-state index in [9.17, 15) is 32.3 Å². The van der Waals surface area contributed by atoms with Crippen LogP contribution in [0.4, 0.5) is 13.2 Å². The minimum atomic E-state index is -4.59. The van der Waals surface area contributed by atoms with Crippen molar-refractivity contribution in [3.05, 3.63) is 11.3 Å². The van der Waals surface area contributed by atoms with Crippen molar-refractivity contribution in [2.75, 3.05) is 18.3 Å². The highest BCUT2D eigenvalue weighted by Gasteiger charge is 2.55. The molecule has 1 fully saturated rings. The Morgan fingerprint density at radius 2 is 2.09 bits per heavy atom. The van der Waals surface area contributed by atoms with Crippen molar-refractivity contribution in [3.8, 4) is 0 Å². The van der Waals surface area contributed by atoms with Gasteiger partial charge in [0, 0.05) is 17.9 Å². The minimum absolute atomic E-state index is 0.0976. The zero-order valence-corrected chi connectivity index (χ0v) is 19.9. The molecule has 2 unspecified atom stereocenters. The smallest absolute Gasteiger partial charge is 0.428 e. The van der Waals surface area contributed by atoms with Crippen LogP contribution in [0.25, 0.3) is 0 Å². The molecule has 0 aliphatic carbocycles. The van der Waals surface area contributed by atoms with Gasteiger partial charge >= 0.3 is 17.4 Å². The number of fused-ring (bicyclic) bond motifs is 1. The summed E-state index contributed by atoms with van der Waals surface area (Å²) in [5.74, 6) is -3.93. The average molecular weight is 543 g/mol. The van der Waals surface area contributed by atoms with Crippen LogP contribution in [0.1, 0.15) is 13.8 Å². The molecular weight excluding hydrogens is 525 g/mol.